The third-order valence-electron chi connectivity index (χ3n) is 4.57. The van der Waals surface area contributed by atoms with E-state index < -0.39 is 0 Å². The predicted molar refractivity (Wildman–Crippen MR) is 77.5 cm³/mol. The molecule has 2 unspecified atom stereocenters. The molecule has 0 radical (unpaired) electrons. The second-order valence-corrected chi connectivity index (χ2v) is 5.97. The second-order valence-electron chi connectivity index (χ2n) is 5.97. The fourth-order valence-electron chi connectivity index (χ4n) is 3.37. The van der Waals surface area contributed by atoms with E-state index in [1.165, 1.54) is 24.1 Å². The molecular weight excluding hydrogens is 236 g/mol. The number of fused-ring (bicyclic) bond motifs is 1. The van der Waals surface area contributed by atoms with Gasteiger partial charge >= 0.3 is 0 Å². The smallest absolute Gasteiger partial charge is 0.122 e. The molecule has 104 valence electrons. The van der Waals surface area contributed by atoms with E-state index in [1.807, 2.05) is 0 Å². The van der Waals surface area contributed by atoms with Crippen molar-refractivity contribution in [3.63, 3.8) is 0 Å². The number of hydrogen-bond donors (Lipinski definition) is 1. The van der Waals surface area contributed by atoms with Crippen molar-refractivity contribution in [2.75, 3.05) is 26.2 Å². The van der Waals surface area contributed by atoms with Crippen LogP contribution in [0.1, 0.15) is 24.5 Å². The van der Waals surface area contributed by atoms with Gasteiger partial charge in [0.25, 0.3) is 0 Å². The SMILES string of the molecule is CC1CC(CN)CN1CCc1ccc2c(c1)CCO2. The van der Waals surface area contributed by atoms with Gasteiger partial charge in [0.15, 0.2) is 0 Å². The summed E-state index contributed by atoms with van der Waals surface area (Å²) in [6.07, 6.45) is 3.46. The first-order valence-electron chi connectivity index (χ1n) is 7.45. The highest BCUT2D eigenvalue weighted by Gasteiger charge is 2.27. The third kappa shape index (κ3) is 2.77. The number of likely N-dealkylation sites (tertiary alicyclic amines) is 1. The van der Waals surface area contributed by atoms with E-state index in [2.05, 4.69) is 30.0 Å². The minimum absolute atomic E-state index is 0.686. The average Bonchev–Trinajstić information content (AvgIpc) is 3.02. The summed E-state index contributed by atoms with van der Waals surface area (Å²) in [7, 11) is 0. The minimum atomic E-state index is 0.686. The van der Waals surface area contributed by atoms with E-state index in [4.69, 9.17) is 10.5 Å². The summed E-state index contributed by atoms with van der Waals surface area (Å²) >= 11 is 0. The van der Waals surface area contributed by atoms with Crippen molar-refractivity contribution in [3.8, 4) is 5.75 Å². The van der Waals surface area contributed by atoms with Gasteiger partial charge in [0.05, 0.1) is 6.61 Å². The van der Waals surface area contributed by atoms with Gasteiger partial charge in [-0.05, 0) is 49.4 Å². The largest absolute Gasteiger partial charge is 0.493 e. The Labute approximate surface area is 115 Å². The van der Waals surface area contributed by atoms with E-state index in [9.17, 15) is 0 Å². The first-order valence-corrected chi connectivity index (χ1v) is 7.45. The van der Waals surface area contributed by atoms with Gasteiger partial charge in [-0.25, -0.2) is 0 Å². The van der Waals surface area contributed by atoms with E-state index in [0.717, 1.165) is 38.3 Å². The molecule has 3 nitrogen and oxygen atoms in total. The summed E-state index contributed by atoms with van der Waals surface area (Å²) in [4.78, 5) is 2.58. The molecule has 2 aliphatic heterocycles. The molecule has 0 saturated carbocycles. The zero-order valence-corrected chi connectivity index (χ0v) is 11.8. The maximum atomic E-state index is 5.79. The van der Waals surface area contributed by atoms with Crippen molar-refractivity contribution in [1.29, 1.82) is 0 Å². The van der Waals surface area contributed by atoms with Crippen LogP contribution in [0.2, 0.25) is 0 Å². The number of rotatable bonds is 4. The fourth-order valence-corrected chi connectivity index (χ4v) is 3.37. The van der Waals surface area contributed by atoms with E-state index in [0.29, 0.717) is 12.0 Å². The van der Waals surface area contributed by atoms with Crippen molar-refractivity contribution in [1.82, 2.24) is 4.90 Å². The van der Waals surface area contributed by atoms with Gasteiger partial charge in [-0.1, -0.05) is 12.1 Å². The van der Waals surface area contributed by atoms with Crippen LogP contribution in [0.15, 0.2) is 18.2 Å². The Morgan fingerprint density at radius 3 is 3.11 bits per heavy atom. The van der Waals surface area contributed by atoms with Crippen LogP contribution < -0.4 is 10.5 Å². The molecule has 1 aromatic carbocycles. The van der Waals surface area contributed by atoms with E-state index in [-0.39, 0.29) is 0 Å². The molecule has 0 bridgehead atoms. The highest BCUT2D eigenvalue weighted by Crippen LogP contribution is 2.27. The average molecular weight is 260 g/mol. The topological polar surface area (TPSA) is 38.5 Å². The van der Waals surface area contributed by atoms with Gasteiger partial charge in [-0.2, -0.15) is 0 Å². The van der Waals surface area contributed by atoms with Crippen LogP contribution in [-0.4, -0.2) is 37.2 Å². The number of nitrogens with two attached hydrogens (primary N) is 1. The Morgan fingerprint density at radius 2 is 2.32 bits per heavy atom. The Bertz CT molecular complexity index is 446. The van der Waals surface area contributed by atoms with Crippen LogP contribution in [0.4, 0.5) is 0 Å². The molecule has 0 aromatic heterocycles. The van der Waals surface area contributed by atoms with Crippen LogP contribution in [0.25, 0.3) is 0 Å². The first kappa shape index (κ1) is 12.9. The maximum absolute atomic E-state index is 5.79. The molecule has 3 rings (SSSR count). The van der Waals surface area contributed by atoms with Crippen molar-refractivity contribution >= 4 is 0 Å². The fraction of sp³-hybridized carbons (Fsp3) is 0.625. The van der Waals surface area contributed by atoms with Gasteiger partial charge < -0.3 is 10.5 Å². The van der Waals surface area contributed by atoms with Crippen molar-refractivity contribution < 1.29 is 4.74 Å². The summed E-state index contributed by atoms with van der Waals surface area (Å²) in [5.41, 5.74) is 8.61. The molecule has 0 spiro atoms. The summed E-state index contributed by atoms with van der Waals surface area (Å²) in [6, 6.07) is 7.36. The predicted octanol–water partition coefficient (Wildman–Crippen LogP) is 1.83. The summed E-state index contributed by atoms with van der Waals surface area (Å²) < 4.78 is 5.55. The lowest BCUT2D eigenvalue weighted by Gasteiger charge is -2.21. The Morgan fingerprint density at radius 1 is 1.42 bits per heavy atom. The first-order chi connectivity index (χ1) is 9.26. The minimum Gasteiger partial charge on any atom is -0.493 e. The van der Waals surface area contributed by atoms with E-state index >= 15 is 0 Å². The number of nitrogens with zero attached hydrogens (tertiary/aromatic N) is 1. The molecular formula is C16H24N2O. The second kappa shape index (κ2) is 5.51. The lowest BCUT2D eigenvalue weighted by Crippen LogP contribution is -2.30. The van der Waals surface area contributed by atoms with Gasteiger partial charge in [-0.3, -0.25) is 4.90 Å². The quantitative estimate of drug-likeness (QED) is 0.897. The monoisotopic (exact) mass is 260 g/mol. The molecule has 19 heavy (non-hydrogen) atoms. The lowest BCUT2D eigenvalue weighted by atomic mass is 10.1. The van der Waals surface area contributed by atoms with Gasteiger partial charge in [0, 0.05) is 25.6 Å². The van der Waals surface area contributed by atoms with Crippen LogP contribution in [0.3, 0.4) is 0 Å². The molecule has 0 aliphatic carbocycles. The standard InChI is InChI=1S/C16H24N2O/c1-12-8-14(10-17)11-18(12)6-4-13-2-3-16-15(9-13)5-7-19-16/h2-3,9,12,14H,4-8,10-11,17H2,1H3. The third-order valence-corrected chi connectivity index (χ3v) is 4.57. The Hall–Kier alpha value is -1.06. The molecule has 2 aliphatic rings. The van der Waals surface area contributed by atoms with Gasteiger partial charge in [0.1, 0.15) is 5.75 Å². The van der Waals surface area contributed by atoms with Crippen LogP contribution in [0, 0.1) is 5.92 Å². The van der Waals surface area contributed by atoms with Crippen LogP contribution >= 0.6 is 0 Å². The zero-order chi connectivity index (χ0) is 13.2. The maximum Gasteiger partial charge on any atom is 0.122 e. The normalized spacial score (nSPS) is 26.4. The van der Waals surface area contributed by atoms with Crippen molar-refractivity contribution in [3.05, 3.63) is 29.3 Å². The summed E-state index contributed by atoms with van der Waals surface area (Å²) in [6.45, 7) is 6.33. The highest BCUT2D eigenvalue weighted by molar-refractivity contribution is 5.39. The van der Waals surface area contributed by atoms with Gasteiger partial charge in [-0.15, -0.1) is 0 Å². The summed E-state index contributed by atoms with van der Waals surface area (Å²) in [5.74, 6) is 1.78. The number of benzene rings is 1. The highest BCUT2D eigenvalue weighted by atomic mass is 16.5. The van der Waals surface area contributed by atoms with Gasteiger partial charge in [0.2, 0.25) is 0 Å². The molecule has 2 heterocycles. The van der Waals surface area contributed by atoms with Crippen molar-refractivity contribution in [2.24, 2.45) is 11.7 Å². The van der Waals surface area contributed by atoms with Crippen LogP contribution in [0.5, 0.6) is 5.75 Å². The molecule has 1 aromatic rings. The van der Waals surface area contributed by atoms with Crippen LogP contribution in [-0.2, 0) is 12.8 Å². The molecule has 1 fully saturated rings. The zero-order valence-electron chi connectivity index (χ0n) is 11.8. The molecule has 1 saturated heterocycles. The van der Waals surface area contributed by atoms with Crippen molar-refractivity contribution in [2.45, 2.75) is 32.2 Å². The molecule has 2 N–H and O–H groups in total. The number of hydrogen-bond acceptors (Lipinski definition) is 3. The molecule has 2 atom stereocenters. The number of ether oxygens (including phenoxy) is 1. The Kier molecular flexibility index (Phi) is 3.76. The molecule has 3 heteroatoms. The molecule has 0 amide bonds. The summed E-state index contributed by atoms with van der Waals surface area (Å²) in [5, 5.41) is 0. The Balaban J connectivity index is 1.57. The van der Waals surface area contributed by atoms with E-state index in [1.54, 1.807) is 0 Å². The lowest BCUT2D eigenvalue weighted by molar-refractivity contribution is 0.268.